The lowest BCUT2D eigenvalue weighted by Crippen LogP contribution is -2.53. The number of carbonyl (C=O) groups excluding carboxylic acids is 2. The molecule has 2 rings (SSSR count). The van der Waals surface area contributed by atoms with Crippen molar-refractivity contribution in [2.75, 3.05) is 39.9 Å². The van der Waals surface area contributed by atoms with Crippen LogP contribution in [0, 0.1) is 5.41 Å². The van der Waals surface area contributed by atoms with Gasteiger partial charge in [-0.25, -0.2) is 0 Å². The third-order valence-electron chi connectivity index (χ3n) is 4.60. The number of amides is 2. The van der Waals surface area contributed by atoms with Crippen LogP contribution >= 0.6 is 12.4 Å². The molecule has 22 heavy (non-hydrogen) atoms. The molecule has 2 aliphatic heterocycles. The number of nitrogens with zero attached hydrogens (tertiary/aromatic N) is 1. The minimum absolute atomic E-state index is 0. The lowest BCUT2D eigenvalue weighted by Gasteiger charge is -2.37. The van der Waals surface area contributed by atoms with Crippen LogP contribution in [0.1, 0.15) is 32.6 Å². The lowest BCUT2D eigenvalue weighted by molar-refractivity contribution is -0.136. The van der Waals surface area contributed by atoms with Gasteiger partial charge in [0.05, 0.1) is 5.41 Å². The molecule has 0 radical (unpaired) electrons. The summed E-state index contributed by atoms with van der Waals surface area (Å²) in [4.78, 5) is 26.0. The van der Waals surface area contributed by atoms with Crippen molar-refractivity contribution in [2.24, 2.45) is 5.41 Å². The normalized spacial score (nSPS) is 26.2. The molecule has 6 nitrogen and oxygen atoms in total. The highest BCUT2D eigenvalue weighted by atomic mass is 35.5. The number of halogens is 1. The van der Waals surface area contributed by atoms with E-state index in [0.717, 1.165) is 38.8 Å². The molecule has 2 aliphatic rings. The van der Waals surface area contributed by atoms with Crippen LogP contribution < -0.4 is 10.6 Å². The van der Waals surface area contributed by atoms with Crippen molar-refractivity contribution in [1.29, 1.82) is 0 Å². The van der Waals surface area contributed by atoms with Crippen molar-refractivity contribution in [2.45, 2.75) is 38.6 Å². The summed E-state index contributed by atoms with van der Waals surface area (Å²) < 4.78 is 4.87. The number of piperidine rings is 2. The monoisotopic (exact) mass is 333 g/mol. The predicted octanol–water partition coefficient (Wildman–Crippen LogP) is 0.552. The third-order valence-corrected chi connectivity index (χ3v) is 4.60. The Bertz CT molecular complexity index is 378. The fourth-order valence-corrected chi connectivity index (χ4v) is 3.10. The molecule has 0 aliphatic carbocycles. The minimum Gasteiger partial charge on any atom is -0.375 e. The summed E-state index contributed by atoms with van der Waals surface area (Å²) in [7, 11) is 1.53. The zero-order valence-electron chi connectivity index (χ0n) is 13.5. The van der Waals surface area contributed by atoms with Crippen molar-refractivity contribution in [3.63, 3.8) is 0 Å². The van der Waals surface area contributed by atoms with Crippen molar-refractivity contribution in [3.8, 4) is 0 Å². The van der Waals surface area contributed by atoms with Crippen LogP contribution in [0.2, 0.25) is 0 Å². The Morgan fingerprint density at radius 3 is 2.59 bits per heavy atom. The van der Waals surface area contributed by atoms with Crippen LogP contribution in [0.15, 0.2) is 0 Å². The Morgan fingerprint density at radius 2 is 2.05 bits per heavy atom. The number of rotatable bonds is 4. The Morgan fingerprint density at radius 1 is 1.36 bits per heavy atom. The number of nitrogens with one attached hydrogen (secondary N) is 2. The highest BCUT2D eigenvalue weighted by Gasteiger charge is 2.36. The van der Waals surface area contributed by atoms with Gasteiger partial charge in [0, 0.05) is 32.8 Å². The maximum atomic E-state index is 12.5. The molecule has 2 amide bonds. The quantitative estimate of drug-likeness (QED) is 0.788. The van der Waals surface area contributed by atoms with E-state index in [4.69, 9.17) is 4.74 Å². The van der Waals surface area contributed by atoms with Crippen LogP contribution in [0.4, 0.5) is 0 Å². The molecule has 0 aromatic heterocycles. The van der Waals surface area contributed by atoms with Gasteiger partial charge in [-0.05, 0) is 39.2 Å². The van der Waals surface area contributed by atoms with Gasteiger partial charge in [-0.15, -0.1) is 12.4 Å². The fraction of sp³-hybridized carbons (Fsp3) is 0.867. The van der Waals surface area contributed by atoms with E-state index in [1.165, 1.54) is 7.11 Å². The van der Waals surface area contributed by atoms with Crippen molar-refractivity contribution in [3.05, 3.63) is 0 Å². The molecule has 2 saturated heterocycles. The maximum absolute atomic E-state index is 12.5. The summed E-state index contributed by atoms with van der Waals surface area (Å²) in [5, 5.41) is 6.47. The minimum atomic E-state index is -0.290. The molecular weight excluding hydrogens is 306 g/mol. The second kappa shape index (κ2) is 8.70. The first-order chi connectivity index (χ1) is 10.0. The van der Waals surface area contributed by atoms with Gasteiger partial charge in [0.1, 0.15) is 6.61 Å². The topological polar surface area (TPSA) is 70.7 Å². The average Bonchev–Trinajstić information content (AvgIpc) is 2.49. The summed E-state index contributed by atoms with van der Waals surface area (Å²) in [6.45, 7) is 5.32. The van der Waals surface area contributed by atoms with Crippen molar-refractivity contribution in [1.82, 2.24) is 15.5 Å². The van der Waals surface area contributed by atoms with Gasteiger partial charge < -0.3 is 20.3 Å². The molecule has 1 unspecified atom stereocenters. The Hall–Kier alpha value is -0.850. The van der Waals surface area contributed by atoms with E-state index in [1.54, 1.807) is 0 Å². The molecule has 0 spiro atoms. The van der Waals surface area contributed by atoms with Gasteiger partial charge >= 0.3 is 0 Å². The van der Waals surface area contributed by atoms with Gasteiger partial charge in [0.25, 0.3) is 0 Å². The van der Waals surface area contributed by atoms with E-state index < -0.39 is 0 Å². The second-order valence-corrected chi connectivity index (χ2v) is 6.40. The zero-order valence-corrected chi connectivity index (χ0v) is 14.3. The zero-order chi connectivity index (χ0) is 15.3. The van der Waals surface area contributed by atoms with Crippen molar-refractivity contribution < 1.29 is 14.3 Å². The van der Waals surface area contributed by atoms with Crippen LogP contribution in [0.5, 0.6) is 0 Å². The molecular formula is C15H28ClN3O3. The molecule has 2 N–H and O–H groups in total. The molecule has 128 valence electrons. The first kappa shape index (κ1) is 19.2. The molecule has 0 aromatic rings. The molecule has 0 bridgehead atoms. The van der Waals surface area contributed by atoms with Crippen LogP contribution in [0.25, 0.3) is 0 Å². The first-order valence-corrected chi connectivity index (χ1v) is 7.83. The summed E-state index contributed by atoms with van der Waals surface area (Å²) in [6, 6.07) is 0.183. The Kier molecular flexibility index (Phi) is 7.59. The van der Waals surface area contributed by atoms with Crippen LogP contribution in [0.3, 0.4) is 0 Å². The number of hydrogen-bond acceptors (Lipinski definition) is 4. The summed E-state index contributed by atoms with van der Waals surface area (Å²) in [5.74, 6) is 0.182. The Labute approximate surface area is 138 Å². The van der Waals surface area contributed by atoms with E-state index in [2.05, 4.69) is 10.6 Å². The molecule has 7 heteroatoms. The SMILES string of the molecule is COCC(=O)N1CCC(NC(=O)C2(C)CCCNC2)CC1.Cl. The maximum Gasteiger partial charge on any atom is 0.248 e. The van der Waals surface area contributed by atoms with E-state index in [-0.39, 0.29) is 42.3 Å². The largest absolute Gasteiger partial charge is 0.375 e. The van der Waals surface area contributed by atoms with Crippen molar-refractivity contribution >= 4 is 24.2 Å². The standard InChI is InChI=1S/C15H27N3O3.ClH/c1-15(6-3-7-16-11-15)14(20)17-12-4-8-18(9-5-12)13(19)10-21-2;/h12,16H,3-11H2,1-2H3,(H,17,20);1H. The van der Waals surface area contributed by atoms with E-state index in [0.29, 0.717) is 13.1 Å². The first-order valence-electron chi connectivity index (χ1n) is 7.83. The number of carbonyl (C=O) groups is 2. The number of hydrogen-bond donors (Lipinski definition) is 2. The summed E-state index contributed by atoms with van der Waals surface area (Å²) in [5.41, 5.74) is -0.290. The Balaban J connectivity index is 0.00000242. The predicted molar refractivity (Wildman–Crippen MR) is 87.1 cm³/mol. The lowest BCUT2D eigenvalue weighted by atomic mass is 9.81. The highest BCUT2D eigenvalue weighted by molar-refractivity contribution is 5.85. The van der Waals surface area contributed by atoms with E-state index in [9.17, 15) is 9.59 Å². The molecule has 0 saturated carbocycles. The smallest absolute Gasteiger partial charge is 0.248 e. The molecule has 0 aromatic carbocycles. The van der Waals surface area contributed by atoms with Gasteiger partial charge in [-0.1, -0.05) is 0 Å². The average molecular weight is 334 g/mol. The van der Waals surface area contributed by atoms with Crippen LogP contribution in [-0.2, 0) is 14.3 Å². The van der Waals surface area contributed by atoms with E-state index >= 15 is 0 Å². The number of ether oxygens (including phenoxy) is 1. The molecule has 2 heterocycles. The molecule has 2 fully saturated rings. The van der Waals surface area contributed by atoms with Gasteiger partial charge in [-0.2, -0.15) is 0 Å². The van der Waals surface area contributed by atoms with Crippen LogP contribution in [-0.4, -0.2) is 62.7 Å². The molecule has 1 atom stereocenters. The number of likely N-dealkylation sites (tertiary alicyclic amines) is 1. The van der Waals surface area contributed by atoms with Gasteiger partial charge in [-0.3, -0.25) is 9.59 Å². The number of methoxy groups -OCH3 is 1. The van der Waals surface area contributed by atoms with E-state index in [1.807, 2.05) is 11.8 Å². The summed E-state index contributed by atoms with van der Waals surface area (Å²) >= 11 is 0. The fourth-order valence-electron chi connectivity index (χ4n) is 3.10. The van der Waals surface area contributed by atoms with Gasteiger partial charge in [0.15, 0.2) is 0 Å². The van der Waals surface area contributed by atoms with Gasteiger partial charge in [0.2, 0.25) is 11.8 Å². The summed E-state index contributed by atoms with van der Waals surface area (Å²) in [6.07, 6.45) is 3.64. The third kappa shape index (κ3) is 4.83. The highest BCUT2D eigenvalue weighted by Crippen LogP contribution is 2.26. The second-order valence-electron chi connectivity index (χ2n) is 6.40.